The number of benzene rings is 1. The highest BCUT2D eigenvalue weighted by atomic mass is 35.5. The number of esters is 1. The first-order valence-corrected chi connectivity index (χ1v) is 12.2. The number of carbonyl (C=O) groups excluding carboxylic acids is 1. The summed E-state index contributed by atoms with van der Waals surface area (Å²) in [6.07, 6.45) is 7.18. The molecule has 1 aromatic carbocycles. The standard InChI is InChI=1S/C24H29ClN6O3/c1-24(14-34-15-24)29-5-3-28(4-6-29)22-10-21-17(9-20(22)25)11-27-31(21)19-12-26-30(13-19)18-7-16(8-18)23(32)33-2/h9-13,16,18H,3-8,14-15H2,1-2H3/t16-,18-. The maximum absolute atomic E-state index is 11.7. The second-order valence-corrected chi connectivity index (χ2v) is 10.3. The number of rotatable bonds is 5. The predicted molar refractivity (Wildman–Crippen MR) is 129 cm³/mol. The first-order valence-electron chi connectivity index (χ1n) is 11.8. The van der Waals surface area contributed by atoms with Gasteiger partial charge < -0.3 is 14.4 Å². The van der Waals surface area contributed by atoms with E-state index in [1.807, 2.05) is 34.0 Å². The van der Waals surface area contributed by atoms with Crippen molar-refractivity contribution in [2.24, 2.45) is 5.92 Å². The fourth-order valence-electron chi connectivity index (χ4n) is 5.35. The summed E-state index contributed by atoms with van der Waals surface area (Å²) in [6.45, 7) is 7.75. The minimum Gasteiger partial charge on any atom is -0.469 e. The third-order valence-corrected chi connectivity index (χ3v) is 8.00. The lowest BCUT2D eigenvalue weighted by atomic mass is 9.80. The Kier molecular flexibility index (Phi) is 5.31. The average Bonchev–Trinajstić information content (AvgIpc) is 3.42. The molecule has 2 aliphatic heterocycles. The molecule has 1 aliphatic carbocycles. The first kappa shape index (κ1) is 21.9. The summed E-state index contributed by atoms with van der Waals surface area (Å²) in [5.41, 5.74) is 3.11. The van der Waals surface area contributed by atoms with E-state index in [9.17, 15) is 4.79 Å². The van der Waals surface area contributed by atoms with E-state index in [1.165, 1.54) is 7.11 Å². The molecule has 0 bridgehead atoms. The second kappa shape index (κ2) is 8.25. The zero-order valence-electron chi connectivity index (χ0n) is 19.5. The smallest absolute Gasteiger partial charge is 0.308 e. The number of fused-ring (bicyclic) bond motifs is 1. The number of carbonyl (C=O) groups is 1. The molecule has 4 heterocycles. The molecule has 180 valence electrons. The quantitative estimate of drug-likeness (QED) is 0.515. The number of halogens is 1. The van der Waals surface area contributed by atoms with Crippen molar-refractivity contribution in [2.45, 2.75) is 31.3 Å². The van der Waals surface area contributed by atoms with Crippen molar-refractivity contribution in [2.75, 3.05) is 51.4 Å². The zero-order valence-corrected chi connectivity index (χ0v) is 20.2. The van der Waals surface area contributed by atoms with Crippen LogP contribution in [0.15, 0.2) is 30.7 Å². The summed E-state index contributed by atoms with van der Waals surface area (Å²) in [6, 6.07) is 4.35. The lowest BCUT2D eigenvalue weighted by Crippen LogP contribution is -2.64. The molecule has 0 amide bonds. The van der Waals surface area contributed by atoms with Gasteiger partial charge in [-0.1, -0.05) is 11.6 Å². The van der Waals surface area contributed by atoms with Crippen LogP contribution in [0.1, 0.15) is 25.8 Å². The monoisotopic (exact) mass is 484 g/mol. The van der Waals surface area contributed by atoms with Crippen LogP contribution >= 0.6 is 11.6 Å². The molecule has 3 aromatic rings. The van der Waals surface area contributed by atoms with Gasteiger partial charge in [0.15, 0.2) is 0 Å². The Labute approximate surface area is 203 Å². The van der Waals surface area contributed by atoms with E-state index in [2.05, 4.69) is 33.0 Å². The molecular weight excluding hydrogens is 456 g/mol. The summed E-state index contributed by atoms with van der Waals surface area (Å²) < 4.78 is 14.1. The van der Waals surface area contributed by atoms with E-state index in [0.29, 0.717) is 0 Å². The summed E-state index contributed by atoms with van der Waals surface area (Å²) >= 11 is 6.71. The van der Waals surface area contributed by atoms with E-state index >= 15 is 0 Å². The third-order valence-electron chi connectivity index (χ3n) is 7.70. The highest BCUT2D eigenvalue weighted by Gasteiger charge is 2.41. The number of hydrogen-bond acceptors (Lipinski definition) is 7. The van der Waals surface area contributed by atoms with Gasteiger partial charge in [0.05, 0.1) is 72.6 Å². The van der Waals surface area contributed by atoms with Crippen LogP contribution in [0.5, 0.6) is 0 Å². The Hall–Kier alpha value is -2.62. The number of methoxy groups -OCH3 is 1. The summed E-state index contributed by atoms with van der Waals surface area (Å²) in [5.74, 6) is -0.167. The normalized spacial score (nSPS) is 24.6. The van der Waals surface area contributed by atoms with Crippen LogP contribution in [0.2, 0.25) is 5.02 Å². The van der Waals surface area contributed by atoms with Crippen LogP contribution in [0.4, 0.5) is 5.69 Å². The summed E-state index contributed by atoms with van der Waals surface area (Å²) in [5, 5.41) is 10.9. The molecule has 6 rings (SSSR count). The van der Waals surface area contributed by atoms with Crippen LogP contribution in [-0.4, -0.2) is 82.5 Å². The van der Waals surface area contributed by atoms with E-state index in [0.717, 1.165) is 79.5 Å². The van der Waals surface area contributed by atoms with Crippen LogP contribution in [-0.2, 0) is 14.3 Å². The van der Waals surface area contributed by atoms with Crippen molar-refractivity contribution >= 4 is 34.2 Å². The molecule has 0 N–H and O–H groups in total. The molecule has 34 heavy (non-hydrogen) atoms. The molecule has 0 radical (unpaired) electrons. The Morgan fingerprint density at radius 2 is 1.91 bits per heavy atom. The highest BCUT2D eigenvalue weighted by Crippen LogP contribution is 2.39. The molecule has 9 nitrogen and oxygen atoms in total. The Morgan fingerprint density at radius 1 is 1.15 bits per heavy atom. The second-order valence-electron chi connectivity index (χ2n) is 9.91. The topological polar surface area (TPSA) is 77.7 Å². The zero-order chi connectivity index (χ0) is 23.4. The minimum absolute atomic E-state index is 0.0299. The lowest BCUT2D eigenvalue weighted by Gasteiger charge is -2.50. The average molecular weight is 485 g/mol. The fourth-order valence-corrected chi connectivity index (χ4v) is 5.64. The maximum atomic E-state index is 11.7. The number of ether oxygens (including phenoxy) is 2. The molecule has 10 heteroatoms. The Morgan fingerprint density at radius 3 is 2.59 bits per heavy atom. The number of nitrogens with zero attached hydrogens (tertiary/aromatic N) is 6. The Balaban J connectivity index is 1.21. The van der Waals surface area contributed by atoms with Gasteiger partial charge in [-0.25, -0.2) is 4.68 Å². The van der Waals surface area contributed by atoms with Gasteiger partial charge in [-0.2, -0.15) is 10.2 Å². The van der Waals surface area contributed by atoms with Gasteiger partial charge in [0.1, 0.15) is 5.69 Å². The van der Waals surface area contributed by atoms with Gasteiger partial charge >= 0.3 is 5.97 Å². The minimum atomic E-state index is -0.137. The molecule has 1 saturated carbocycles. The van der Waals surface area contributed by atoms with Gasteiger partial charge in [-0.3, -0.25) is 14.4 Å². The van der Waals surface area contributed by atoms with E-state index in [1.54, 1.807) is 0 Å². The molecular formula is C24H29ClN6O3. The van der Waals surface area contributed by atoms with Crippen molar-refractivity contribution < 1.29 is 14.3 Å². The van der Waals surface area contributed by atoms with Gasteiger partial charge in [0.2, 0.25) is 0 Å². The van der Waals surface area contributed by atoms with Gasteiger partial charge in [-0.05, 0) is 31.9 Å². The highest BCUT2D eigenvalue weighted by molar-refractivity contribution is 6.34. The summed E-state index contributed by atoms with van der Waals surface area (Å²) in [4.78, 5) is 16.6. The molecule has 2 saturated heterocycles. The number of anilines is 1. The molecule has 3 fully saturated rings. The first-order chi connectivity index (χ1) is 16.4. The maximum Gasteiger partial charge on any atom is 0.308 e. The third kappa shape index (κ3) is 3.57. The van der Waals surface area contributed by atoms with Crippen molar-refractivity contribution in [3.05, 3.63) is 35.7 Å². The number of hydrogen-bond donors (Lipinski definition) is 0. The van der Waals surface area contributed by atoms with Crippen LogP contribution < -0.4 is 4.90 Å². The fraction of sp³-hybridized carbons (Fsp3) is 0.542. The van der Waals surface area contributed by atoms with Crippen molar-refractivity contribution in [3.63, 3.8) is 0 Å². The number of aromatic nitrogens is 4. The molecule has 0 unspecified atom stereocenters. The lowest BCUT2D eigenvalue weighted by molar-refractivity contribution is -0.149. The SMILES string of the molecule is COC(=O)[C@H]1C[C@H](n2cc(-n3ncc4cc(Cl)c(N5CCN(C6(C)COC6)CC5)cc43)cn2)C1. The van der Waals surface area contributed by atoms with Gasteiger partial charge in [0.25, 0.3) is 0 Å². The van der Waals surface area contributed by atoms with Gasteiger partial charge in [0, 0.05) is 31.6 Å². The van der Waals surface area contributed by atoms with E-state index in [4.69, 9.17) is 21.1 Å². The van der Waals surface area contributed by atoms with Gasteiger partial charge in [-0.15, -0.1) is 0 Å². The van der Waals surface area contributed by atoms with Crippen LogP contribution in [0.25, 0.3) is 16.6 Å². The van der Waals surface area contributed by atoms with E-state index < -0.39 is 0 Å². The summed E-state index contributed by atoms with van der Waals surface area (Å²) in [7, 11) is 1.44. The van der Waals surface area contributed by atoms with Crippen molar-refractivity contribution in [1.29, 1.82) is 0 Å². The molecule has 0 spiro atoms. The largest absolute Gasteiger partial charge is 0.469 e. The molecule has 2 aromatic heterocycles. The van der Waals surface area contributed by atoms with Crippen molar-refractivity contribution in [1.82, 2.24) is 24.5 Å². The van der Waals surface area contributed by atoms with Crippen LogP contribution in [0, 0.1) is 5.92 Å². The van der Waals surface area contributed by atoms with Crippen LogP contribution in [0.3, 0.4) is 0 Å². The van der Waals surface area contributed by atoms with Crippen molar-refractivity contribution in [3.8, 4) is 5.69 Å². The molecule has 3 aliphatic rings. The van der Waals surface area contributed by atoms with E-state index in [-0.39, 0.29) is 23.5 Å². The Bertz CT molecular complexity index is 1220. The molecule has 0 atom stereocenters. The predicted octanol–water partition coefficient (Wildman–Crippen LogP) is 2.91. The number of piperazine rings is 1.